The van der Waals surface area contributed by atoms with E-state index in [1.807, 2.05) is 30.3 Å². The summed E-state index contributed by atoms with van der Waals surface area (Å²) in [6, 6.07) is 21.9. The van der Waals surface area contributed by atoms with Gasteiger partial charge in [0.15, 0.2) is 0 Å². The molecule has 0 aromatic heterocycles. The Morgan fingerprint density at radius 1 is 0.857 bits per heavy atom. The van der Waals surface area contributed by atoms with E-state index in [-0.39, 0.29) is 28.6 Å². The minimum absolute atomic E-state index is 0.160. The number of alkyl halides is 3. The first-order chi connectivity index (χ1) is 16.9. The van der Waals surface area contributed by atoms with Crippen molar-refractivity contribution < 1.29 is 18.0 Å². The van der Waals surface area contributed by atoms with Gasteiger partial charge in [0.2, 0.25) is 0 Å². The fourth-order valence-electron chi connectivity index (χ4n) is 5.65. The molecule has 3 aromatic carbocycles. The highest BCUT2D eigenvalue weighted by molar-refractivity contribution is 6.01. The molecule has 1 aliphatic carbocycles. The van der Waals surface area contributed by atoms with Crippen molar-refractivity contribution in [2.24, 2.45) is 0 Å². The minimum Gasteiger partial charge on any atom is -0.343 e. The van der Waals surface area contributed by atoms with Gasteiger partial charge in [-0.1, -0.05) is 60.7 Å². The molecule has 1 N–H and O–H groups in total. The van der Waals surface area contributed by atoms with Crippen molar-refractivity contribution in [1.82, 2.24) is 10.2 Å². The topological polar surface area (TPSA) is 32.3 Å². The van der Waals surface area contributed by atoms with Gasteiger partial charge in [0.05, 0.1) is 11.6 Å². The van der Waals surface area contributed by atoms with Crippen LogP contribution in [0.3, 0.4) is 0 Å². The number of rotatable bonds is 6. The van der Waals surface area contributed by atoms with Gasteiger partial charge in [-0.2, -0.15) is 13.2 Å². The molecule has 182 valence electrons. The van der Waals surface area contributed by atoms with Crippen LogP contribution in [0, 0.1) is 0 Å². The van der Waals surface area contributed by atoms with Crippen LogP contribution in [-0.2, 0) is 6.18 Å². The molecular weight excluding hydrogens is 449 g/mol. The van der Waals surface area contributed by atoms with Gasteiger partial charge in [-0.3, -0.25) is 9.69 Å². The standard InChI is InChI=1S/C29H29F3N2O/c30-29(31,32)23-14-15-24(25(20-23)21-10-3-1-4-11-21)27(35)33-26(22-12-5-2-6-13-22)28(16-9-17-28)34-18-7-8-19-34/h1-6,10-15,20,26H,7-9,16-19H2,(H,33,35). The van der Waals surface area contributed by atoms with Crippen molar-refractivity contribution in [3.63, 3.8) is 0 Å². The van der Waals surface area contributed by atoms with E-state index >= 15 is 0 Å². The lowest BCUT2D eigenvalue weighted by atomic mass is 9.68. The Labute approximate surface area is 204 Å². The van der Waals surface area contributed by atoms with Crippen LogP contribution in [0.25, 0.3) is 11.1 Å². The van der Waals surface area contributed by atoms with Crippen molar-refractivity contribution >= 4 is 5.91 Å². The second-order valence-corrected chi connectivity index (χ2v) is 9.59. The average Bonchev–Trinajstić information content (AvgIpc) is 3.38. The Bertz CT molecular complexity index is 1170. The van der Waals surface area contributed by atoms with Crippen LogP contribution in [0.15, 0.2) is 78.9 Å². The maximum absolute atomic E-state index is 13.8. The van der Waals surface area contributed by atoms with Crippen LogP contribution in [0.5, 0.6) is 0 Å². The van der Waals surface area contributed by atoms with Gasteiger partial charge >= 0.3 is 6.18 Å². The molecule has 3 nitrogen and oxygen atoms in total. The number of benzene rings is 3. The molecule has 2 aliphatic rings. The van der Waals surface area contributed by atoms with Crippen LogP contribution in [0.2, 0.25) is 0 Å². The fourth-order valence-corrected chi connectivity index (χ4v) is 5.65. The number of hydrogen-bond acceptors (Lipinski definition) is 2. The summed E-state index contributed by atoms with van der Waals surface area (Å²) in [4.78, 5) is 16.3. The first-order valence-corrected chi connectivity index (χ1v) is 12.3. The second kappa shape index (κ2) is 9.50. The molecule has 0 bridgehead atoms. The van der Waals surface area contributed by atoms with E-state index in [4.69, 9.17) is 0 Å². The number of hydrogen-bond donors (Lipinski definition) is 1. The van der Waals surface area contributed by atoms with Crippen molar-refractivity contribution in [2.75, 3.05) is 13.1 Å². The van der Waals surface area contributed by atoms with Crippen molar-refractivity contribution in [2.45, 2.75) is 49.9 Å². The van der Waals surface area contributed by atoms with E-state index in [0.717, 1.165) is 62.9 Å². The Hall–Kier alpha value is -3.12. The fraction of sp³-hybridized carbons (Fsp3) is 0.345. The third kappa shape index (κ3) is 4.59. The maximum atomic E-state index is 13.8. The second-order valence-electron chi connectivity index (χ2n) is 9.59. The quantitative estimate of drug-likeness (QED) is 0.420. The van der Waals surface area contributed by atoms with Crippen molar-refractivity contribution in [3.05, 3.63) is 95.6 Å². The predicted molar refractivity (Wildman–Crippen MR) is 131 cm³/mol. The number of likely N-dealkylation sites (tertiary alicyclic amines) is 1. The molecule has 3 aromatic rings. The van der Waals surface area contributed by atoms with E-state index in [2.05, 4.69) is 10.2 Å². The molecular formula is C29H29F3N2O. The van der Waals surface area contributed by atoms with Gasteiger partial charge in [-0.15, -0.1) is 0 Å². The summed E-state index contributed by atoms with van der Waals surface area (Å²) in [6.45, 7) is 2.02. The van der Waals surface area contributed by atoms with Gasteiger partial charge in [-0.25, -0.2) is 0 Å². The Kier molecular flexibility index (Phi) is 6.41. The molecule has 0 spiro atoms. The average molecular weight is 479 g/mol. The van der Waals surface area contributed by atoms with Crippen LogP contribution >= 0.6 is 0 Å². The van der Waals surface area contributed by atoms with Gasteiger partial charge < -0.3 is 5.32 Å². The van der Waals surface area contributed by atoms with Crippen molar-refractivity contribution in [1.29, 1.82) is 0 Å². The summed E-state index contributed by atoms with van der Waals surface area (Å²) >= 11 is 0. The summed E-state index contributed by atoms with van der Waals surface area (Å²) in [5.41, 5.74) is 1.22. The van der Waals surface area contributed by atoms with Gasteiger partial charge in [0.1, 0.15) is 0 Å². The van der Waals surface area contributed by atoms with E-state index in [0.29, 0.717) is 5.56 Å². The first kappa shape index (κ1) is 23.6. The third-order valence-corrected chi connectivity index (χ3v) is 7.58. The number of nitrogens with one attached hydrogen (secondary N) is 1. The Morgan fingerprint density at radius 2 is 1.49 bits per heavy atom. The Morgan fingerprint density at radius 3 is 2.06 bits per heavy atom. The maximum Gasteiger partial charge on any atom is 0.416 e. The molecule has 0 radical (unpaired) electrons. The van der Waals surface area contributed by atoms with Gasteiger partial charge in [0.25, 0.3) is 5.91 Å². The molecule has 1 unspecified atom stereocenters. The number of halogens is 3. The third-order valence-electron chi connectivity index (χ3n) is 7.58. The van der Waals surface area contributed by atoms with Crippen LogP contribution in [0.1, 0.15) is 59.6 Å². The zero-order valence-corrected chi connectivity index (χ0v) is 19.5. The summed E-state index contributed by atoms with van der Waals surface area (Å²) in [5.74, 6) is -0.350. The summed E-state index contributed by atoms with van der Waals surface area (Å²) in [5, 5.41) is 3.28. The molecule has 1 saturated carbocycles. The summed E-state index contributed by atoms with van der Waals surface area (Å²) in [6.07, 6.45) is 0.890. The highest BCUT2D eigenvalue weighted by Crippen LogP contribution is 2.48. The summed E-state index contributed by atoms with van der Waals surface area (Å²) in [7, 11) is 0. The zero-order chi connectivity index (χ0) is 24.5. The van der Waals surface area contributed by atoms with E-state index in [9.17, 15) is 18.0 Å². The summed E-state index contributed by atoms with van der Waals surface area (Å²) < 4.78 is 40.6. The minimum atomic E-state index is -4.49. The predicted octanol–water partition coefficient (Wildman–Crippen LogP) is 6.86. The van der Waals surface area contributed by atoms with E-state index in [1.165, 1.54) is 6.07 Å². The number of nitrogens with zero attached hydrogens (tertiary/aromatic N) is 1. The lowest BCUT2D eigenvalue weighted by Crippen LogP contribution is -2.60. The van der Waals surface area contributed by atoms with Crippen molar-refractivity contribution in [3.8, 4) is 11.1 Å². The number of carbonyl (C=O) groups is 1. The van der Waals surface area contributed by atoms with Crippen LogP contribution in [0.4, 0.5) is 13.2 Å². The molecule has 5 rings (SSSR count). The van der Waals surface area contributed by atoms with Crippen LogP contribution in [-0.4, -0.2) is 29.4 Å². The molecule has 6 heteroatoms. The Balaban J connectivity index is 1.55. The SMILES string of the molecule is O=C(NC(c1ccccc1)C1(N2CCCC2)CCC1)c1ccc(C(F)(F)F)cc1-c1ccccc1. The smallest absolute Gasteiger partial charge is 0.343 e. The van der Waals surface area contributed by atoms with Gasteiger partial charge in [0, 0.05) is 11.1 Å². The first-order valence-electron chi connectivity index (χ1n) is 12.3. The van der Waals surface area contributed by atoms with E-state index in [1.54, 1.807) is 30.3 Å². The molecule has 2 fully saturated rings. The molecule has 1 saturated heterocycles. The zero-order valence-electron chi connectivity index (χ0n) is 19.5. The molecule has 1 aliphatic heterocycles. The van der Waals surface area contributed by atoms with Gasteiger partial charge in [-0.05, 0) is 80.1 Å². The highest BCUT2D eigenvalue weighted by atomic mass is 19.4. The molecule has 1 amide bonds. The number of carbonyl (C=O) groups excluding carboxylic acids is 1. The van der Waals surface area contributed by atoms with Crippen LogP contribution < -0.4 is 5.32 Å². The highest BCUT2D eigenvalue weighted by Gasteiger charge is 2.50. The lowest BCUT2D eigenvalue weighted by molar-refractivity contribution is -0.137. The monoisotopic (exact) mass is 478 g/mol. The van der Waals surface area contributed by atoms with E-state index < -0.39 is 11.7 Å². The molecule has 1 heterocycles. The molecule has 1 atom stereocenters. The lowest BCUT2D eigenvalue weighted by Gasteiger charge is -2.54. The largest absolute Gasteiger partial charge is 0.416 e. The number of amides is 1. The normalized spacial score (nSPS) is 18.6. The molecule has 35 heavy (non-hydrogen) atoms.